The number of carbonyl (C=O) groups excluding carboxylic acids is 5. The van der Waals surface area contributed by atoms with E-state index in [0.29, 0.717) is 16.7 Å². The third kappa shape index (κ3) is 4.78. The van der Waals surface area contributed by atoms with Gasteiger partial charge in [-0.2, -0.15) is 13.2 Å². The number of carbonyl (C=O) groups is 5. The maximum Gasteiger partial charge on any atom is 0.399 e. The molecule has 4 aromatic rings. The number of amides is 4. The number of rotatable bonds is 5. The first-order chi connectivity index (χ1) is 22.0. The second-order valence-electron chi connectivity index (χ2n) is 12.1. The van der Waals surface area contributed by atoms with E-state index in [-0.39, 0.29) is 50.2 Å². The third-order valence-electron chi connectivity index (χ3n) is 9.59. The second kappa shape index (κ2) is 10.9. The lowest BCUT2D eigenvalue weighted by atomic mass is 9.82. The van der Waals surface area contributed by atoms with Crippen molar-refractivity contribution in [3.63, 3.8) is 0 Å². The van der Waals surface area contributed by atoms with Crippen molar-refractivity contribution >= 4 is 35.1 Å². The largest absolute Gasteiger partial charge is 0.399 e. The topological polar surface area (TPSA) is 91.8 Å². The highest BCUT2D eigenvalue weighted by Gasteiger charge is 2.45. The highest BCUT2D eigenvalue weighted by Crippen LogP contribution is 2.45. The van der Waals surface area contributed by atoms with Gasteiger partial charge in [0, 0.05) is 18.2 Å². The van der Waals surface area contributed by atoms with Gasteiger partial charge in [0.2, 0.25) is 0 Å². The molecule has 2 aliphatic heterocycles. The van der Waals surface area contributed by atoms with Crippen molar-refractivity contribution in [2.75, 3.05) is 11.9 Å². The zero-order valence-electron chi connectivity index (χ0n) is 26.4. The number of fused-ring (bicyclic) bond motifs is 2. The number of imide groups is 2. The number of hydrogen-bond acceptors (Lipinski definition) is 5. The van der Waals surface area contributed by atoms with Gasteiger partial charge >= 0.3 is 6.18 Å². The third-order valence-corrected chi connectivity index (χ3v) is 9.59. The van der Waals surface area contributed by atoms with Gasteiger partial charge in [0.15, 0.2) is 5.78 Å². The summed E-state index contributed by atoms with van der Waals surface area (Å²) >= 11 is 0. The van der Waals surface area contributed by atoms with Crippen LogP contribution in [-0.4, -0.2) is 47.5 Å². The van der Waals surface area contributed by atoms with Crippen LogP contribution in [0.4, 0.5) is 18.9 Å². The Labute approximate surface area is 268 Å². The van der Waals surface area contributed by atoms with Gasteiger partial charge in [-0.05, 0) is 104 Å². The number of halogens is 3. The summed E-state index contributed by atoms with van der Waals surface area (Å²) in [5.74, 6) is -4.84. The number of alkyl halides is 3. The summed E-state index contributed by atoms with van der Waals surface area (Å²) in [7, 11) is 1.35. The predicted octanol–water partition coefficient (Wildman–Crippen LogP) is 7.18. The lowest BCUT2D eigenvalue weighted by Crippen LogP contribution is -2.31. The summed E-state index contributed by atoms with van der Waals surface area (Å²) in [5, 5.41) is 0. The monoisotopic (exact) mass is 638 g/mol. The van der Waals surface area contributed by atoms with E-state index < -0.39 is 41.5 Å². The van der Waals surface area contributed by atoms with Gasteiger partial charge in [-0.3, -0.25) is 28.9 Å². The van der Waals surface area contributed by atoms with E-state index in [0.717, 1.165) is 20.9 Å². The predicted molar refractivity (Wildman–Crippen MR) is 168 cm³/mol. The van der Waals surface area contributed by atoms with Crippen LogP contribution >= 0.6 is 0 Å². The molecule has 0 bridgehead atoms. The number of hydrogen-bond donors (Lipinski definition) is 0. The Kier molecular flexibility index (Phi) is 7.30. The van der Waals surface area contributed by atoms with Crippen LogP contribution in [0.25, 0.3) is 0 Å². The number of aryl methyl sites for hydroxylation is 1. The van der Waals surface area contributed by atoms with E-state index in [9.17, 15) is 37.1 Å². The summed E-state index contributed by atoms with van der Waals surface area (Å²) in [4.78, 5) is 67.2. The van der Waals surface area contributed by atoms with E-state index in [1.165, 1.54) is 61.6 Å². The second-order valence-corrected chi connectivity index (χ2v) is 12.1. The molecule has 0 N–H and O–H groups in total. The van der Waals surface area contributed by atoms with Crippen LogP contribution in [0.3, 0.4) is 0 Å². The van der Waals surface area contributed by atoms with Crippen molar-refractivity contribution in [1.29, 1.82) is 0 Å². The first-order valence-corrected chi connectivity index (χ1v) is 14.8. The molecule has 0 saturated carbocycles. The van der Waals surface area contributed by atoms with Gasteiger partial charge in [-0.15, -0.1) is 0 Å². The molecule has 0 aliphatic carbocycles. The highest BCUT2D eigenvalue weighted by molar-refractivity contribution is 6.35. The maximum atomic E-state index is 14.7. The number of benzene rings is 4. The minimum Gasteiger partial charge on any atom is -0.289 e. The van der Waals surface area contributed by atoms with E-state index in [4.69, 9.17) is 0 Å². The molecular weight excluding hydrogens is 609 g/mol. The van der Waals surface area contributed by atoms with Crippen LogP contribution in [0.5, 0.6) is 0 Å². The van der Waals surface area contributed by atoms with Crippen molar-refractivity contribution in [2.24, 2.45) is 0 Å². The molecule has 47 heavy (non-hydrogen) atoms. The molecule has 0 spiro atoms. The van der Waals surface area contributed by atoms with Gasteiger partial charge in [-0.1, -0.05) is 30.3 Å². The Bertz CT molecular complexity index is 2110. The molecule has 0 saturated heterocycles. The fourth-order valence-corrected chi connectivity index (χ4v) is 6.46. The average molecular weight is 639 g/mol. The molecule has 2 aliphatic rings. The van der Waals surface area contributed by atoms with Crippen LogP contribution in [0.1, 0.15) is 102 Å². The molecule has 4 aromatic carbocycles. The van der Waals surface area contributed by atoms with Crippen molar-refractivity contribution in [3.05, 3.63) is 133 Å². The number of anilines is 1. The summed E-state index contributed by atoms with van der Waals surface area (Å²) < 4.78 is 44.1. The molecular formula is C37H29F3N2O5. The van der Waals surface area contributed by atoms with E-state index in [2.05, 4.69) is 0 Å². The average Bonchev–Trinajstić information content (AvgIpc) is 3.41. The molecule has 1 unspecified atom stereocenters. The lowest BCUT2D eigenvalue weighted by molar-refractivity contribution is -0.141. The maximum absolute atomic E-state index is 14.7. The summed E-state index contributed by atoms with van der Waals surface area (Å²) in [6.45, 7) is 8.43. The molecule has 0 fully saturated rings. The molecule has 238 valence electrons. The first-order valence-electron chi connectivity index (χ1n) is 14.8. The van der Waals surface area contributed by atoms with Gasteiger partial charge in [0.1, 0.15) is 5.92 Å². The SMILES string of the molecule is Cc1ccc(C(c2ccc(N3C(=O)c4ccc(C(=O)c5ccc6c(c5)C(=O)N(C)C6=O)cc4C3=O)c(C)c2C)C(F)(F)F)c(C)c1C. The first kappa shape index (κ1) is 31.6. The van der Waals surface area contributed by atoms with Crippen LogP contribution in [0.2, 0.25) is 0 Å². The standard InChI is InChI=1S/C37H29F3N2O5/c1-17-7-10-24(19(3)18(17)2)31(37(38,39)40)25-13-14-30(21(5)20(25)4)42-35(46)27-12-9-23(16-29(27)36(42)47)32(43)22-8-11-26-28(15-22)34(45)41(6)33(26)44/h7-16,31H,1-6H3. The van der Waals surface area contributed by atoms with Crippen molar-refractivity contribution in [3.8, 4) is 0 Å². The van der Waals surface area contributed by atoms with Gasteiger partial charge in [0.25, 0.3) is 23.6 Å². The molecule has 10 heteroatoms. The number of ketones is 1. The normalized spacial score (nSPS) is 15.0. The minimum atomic E-state index is -4.61. The van der Waals surface area contributed by atoms with Crippen LogP contribution in [0, 0.1) is 34.6 Å². The minimum absolute atomic E-state index is 0.0234. The Morgan fingerprint density at radius 2 is 1.06 bits per heavy atom. The van der Waals surface area contributed by atoms with Crippen LogP contribution in [0.15, 0.2) is 60.7 Å². The smallest absolute Gasteiger partial charge is 0.289 e. The van der Waals surface area contributed by atoms with E-state index >= 15 is 0 Å². The zero-order valence-corrected chi connectivity index (χ0v) is 26.4. The van der Waals surface area contributed by atoms with E-state index in [1.54, 1.807) is 33.8 Å². The lowest BCUT2D eigenvalue weighted by Gasteiger charge is -2.28. The molecule has 0 aromatic heterocycles. The van der Waals surface area contributed by atoms with Gasteiger partial charge < -0.3 is 0 Å². The zero-order chi connectivity index (χ0) is 34.3. The molecule has 4 amide bonds. The molecule has 0 radical (unpaired) electrons. The fourth-order valence-electron chi connectivity index (χ4n) is 6.46. The van der Waals surface area contributed by atoms with Crippen LogP contribution in [-0.2, 0) is 0 Å². The van der Waals surface area contributed by atoms with E-state index in [1.807, 2.05) is 6.92 Å². The van der Waals surface area contributed by atoms with Crippen molar-refractivity contribution in [1.82, 2.24) is 4.90 Å². The van der Waals surface area contributed by atoms with Crippen LogP contribution < -0.4 is 4.90 Å². The summed E-state index contributed by atoms with van der Waals surface area (Å²) in [6.07, 6.45) is -4.61. The summed E-state index contributed by atoms with van der Waals surface area (Å²) in [5.41, 5.74) is 3.64. The molecule has 2 heterocycles. The summed E-state index contributed by atoms with van der Waals surface area (Å²) in [6, 6.07) is 14.0. The van der Waals surface area contributed by atoms with Gasteiger partial charge in [-0.25, -0.2) is 4.90 Å². The molecule has 1 atom stereocenters. The Morgan fingerprint density at radius 3 is 1.64 bits per heavy atom. The fraction of sp³-hybridized carbons (Fsp3) is 0.216. The Hall–Kier alpha value is -5.38. The van der Waals surface area contributed by atoms with Crippen molar-refractivity contribution < 1.29 is 37.1 Å². The Balaban J connectivity index is 1.35. The molecule has 7 nitrogen and oxygen atoms in total. The van der Waals surface area contributed by atoms with Crippen molar-refractivity contribution in [2.45, 2.75) is 46.7 Å². The molecule has 6 rings (SSSR count). The quantitative estimate of drug-likeness (QED) is 0.171. The number of nitrogens with zero attached hydrogens (tertiary/aromatic N) is 2. The Morgan fingerprint density at radius 1 is 0.596 bits per heavy atom. The highest BCUT2D eigenvalue weighted by atomic mass is 19.4. The van der Waals surface area contributed by atoms with Gasteiger partial charge in [0.05, 0.1) is 27.9 Å².